The molecule has 0 aliphatic carbocycles. The van der Waals surface area contributed by atoms with Gasteiger partial charge in [-0.25, -0.2) is 9.78 Å². The van der Waals surface area contributed by atoms with Crippen molar-refractivity contribution in [3.8, 4) is 0 Å². The van der Waals surface area contributed by atoms with Gasteiger partial charge < -0.3 is 9.64 Å². The summed E-state index contributed by atoms with van der Waals surface area (Å²) in [5.41, 5.74) is 1.49. The van der Waals surface area contributed by atoms with Crippen LogP contribution in [0.5, 0.6) is 0 Å². The van der Waals surface area contributed by atoms with Gasteiger partial charge in [-0.2, -0.15) is 0 Å². The molecule has 0 aliphatic rings. The zero-order chi connectivity index (χ0) is 13.8. The Balaban J connectivity index is 2.22. The molecule has 19 heavy (non-hydrogen) atoms. The number of aromatic nitrogens is 1. The average molecular weight is 368 g/mol. The molecular formula is C14H13IN2O2. The van der Waals surface area contributed by atoms with E-state index in [1.54, 1.807) is 12.1 Å². The molecule has 4 nitrogen and oxygen atoms in total. The summed E-state index contributed by atoms with van der Waals surface area (Å²) in [7, 11) is 3.29. The van der Waals surface area contributed by atoms with Crippen LogP contribution < -0.4 is 4.90 Å². The number of methoxy groups -OCH3 is 1. The number of ether oxygens (including phenoxy) is 1. The van der Waals surface area contributed by atoms with Gasteiger partial charge in [-0.1, -0.05) is 0 Å². The van der Waals surface area contributed by atoms with E-state index in [1.165, 1.54) is 16.9 Å². The number of hydrogen-bond acceptors (Lipinski definition) is 4. The third-order valence-electron chi connectivity index (χ3n) is 2.73. The molecule has 0 N–H and O–H groups in total. The highest BCUT2D eigenvalue weighted by Gasteiger charge is 2.08. The van der Waals surface area contributed by atoms with E-state index in [-0.39, 0.29) is 5.97 Å². The highest BCUT2D eigenvalue weighted by atomic mass is 127. The summed E-state index contributed by atoms with van der Waals surface area (Å²) < 4.78 is 5.83. The lowest BCUT2D eigenvalue weighted by molar-refractivity contribution is 0.0600. The highest BCUT2D eigenvalue weighted by molar-refractivity contribution is 14.1. The molecule has 0 fully saturated rings. The van der Waals surface area contributed by atoms with Crippen molar-refractivity contribution >= 4 is 40.1 Å². The van der Waals surface area contributed by atoms with Gasteiger partial charge in [-0.3, -0.25) is 0 Å². The second-order valence-corrected chi connectivity index (χ2v) is 5.18. The van der Waals surface area contributed by atoms with Crippen LogP contribution in [0, 0.1) is 3.57 Å². The van der Waals surface area contributed by atoms with Gasteiger partial charge in [-0.05, 0) is 59.0 Å². The Morgan fingerprint density at radius 2 is 1.89 bits per heavy atom. The lowest BCUT2D eigenvalue weighted by Gasteiger charge is -2.18. The summed E-state index contributed by atoms with van der Waals surface area (Å²) in [6, 6.07) is 11.6. The summed E-state index contributed by atoms with van der Waals surface area (Å²) >= 11 is 2.26. The van der Waals surface area contributed by atoms with E-state index < -0.39 is 0 Å². The van der Waals surface area contributed by atoms with Crippen molar-refractivity contribution in [1.29, 1.82) is 0 Å². The Kier molecular flexibility index (Phi) is 4.36. The summed E-state index contributed by atoms with van der Waals surface area (Å²) in [5, 5.41) is 0. The predicted octanol–water partition coefficient (Wildman–Crippen LogP) is 3.24. The second-order valence-electron chi connectivity index (χ2n) is 3.93. The molecule has 0 amide bonds. The van der Waals surface area contributed by atoms with Crippen LogP contribution in [0.25, 0.3) is 0 Å². The molecule has 0 radical (unpaired) electrons. The van der Waals surface area contributed by atoms with Gasteiger partial charge in [-0.15, -0.1) is 0 Å². The first-order valence-electron chi connectivity index (χ1n) is 5.65. The van der Waals surface area contributed by atoms with Crippen LogP contribution in [0.4, 0.5) is 11.5 Å². The van der Waals surface area contributed by atoms with Crippen LogP contribution in [0.3, 0.4) is 0 Å². The number of hydrogen-bond donors (Lipinski definition) is 0. The predicted molar refractivity (Wildman–Crippen MR) is 82.8 cm³/mol. The van der Waals surface area contributed by atoms with E-state index in [4.69, 9.17) is 0 Å². The normalized spacial score (nSPS) is 10.1. The zero-order valence-electron chi connectivity index (χ0n) is 10.6. The number of halogens is 1. The average Bonchev–Trinajstić information content (AvgIpc) is 2.46. The largest absolute Gasteiger partial charge is 0.465 e. The maximum absolute atomic E-state index is 11.3. The number of nitrogens with zero attached hydrogens (tertiary/aromatic N) is 2. The van der Waals surface area contributed by atoms with Crippen LogP contribution in [0.2, 0.25) is 0 Å². The van der Waals surface area contributed by atoms with E-state index in [0.29, 0.717) is 5.56 Å². The van der Waals surface area contributed by atoms with E-state index in [1.807, 2.05) is 36.2 Å². The van der Waals surface area contributed by atoms with Gasteiger partial charge in [0.05, 0.1) is 12.7 Å². The first-order chi connectivity index (χ1) is 9.11. The van der Waals surface area contributed by atoms with E-state index in [2.05, 4.69) is 32.3 Å². The molecule has 5 heteroatoms. The quantitative estimate of drug-likeness (QED) is 0.616. The standard InChI is InChI=1S/C14H13IN2O2/c1-17(12-6-4-11(15)5-7-12)13-8-3-10(9-16-13)14(18)19-2/h3-9H,1-2H3. The zero-order valence-corrected chi connectivity index (χ0v) is 12.8. The van der Waals surface area contributed by atoms with Crippen LogP contribution in [0.1, 0.15) is 10.4 Å². The molecular weight excluding hydrogens is 355 g/mol. The molecule has 1 aromatic heterocycles. The minimum atomic E-state index is -0.379. The fraction of sp³-hybridized carbons (Fsp3) is 0.143. The van der Waals surface area contributed by atoms with Gasteiger partial charge in [0.25, 0.3) is 0 Å². The van der Waals surface area contributed by atoms with Crippen molar-refractivity contribution in [1.82, 2.24) is 4.98 Å². The summed E-state index contributed by atoms with van der Waals surface area (Å²) in [4.78, 5) is 17.6. The summed E-state index contributed by atoms with van der Waals surface area (Å²) in [6.07, 6.45) is 1.52. The first kappa shape index (κ1) is 13.8. The number of benzene rings is 1. The maximum Gasteiger partial charge on any atom is 0.339 e. The van der Waals surface area contributed by atoms with Gasteiger partial charge in [0.2, 0.25) is 0 Å². The lowest BCUT2D eigenvalue weighted by atomic mass is 10.2. The highest BCUT2D eigenvalue weighted by Crippen LogP contribution is 2.22. The molecule has 1 heterocycles. The maximum atomic E-state index is 11.3. The topological polar surface area (TPSA) is 42.4 Å². The Bertz CT molecular complexity index is 567. The number of anilines is 2. The fourth-order valence-corrected chi connectivity index (χ4v) is 1.98. The van der Waals surface area contributed by atoms with Gasteiger partial charge in [0.15, 0.2) is 0 Å². The number of carbonyl (C=O) groups excluding carboxylic acids is 1. The number of rotatable bonds is 3. The summed E-state index contributed by atoms with van der Waals surface area (Å²) in [6.45, 7) is 0. The van der Waals surface area contributed by atoms with Crippen LogP contribution in [0.15, 0.2) is 42.6 Å². The third kappa shape index (κ3) is 3.23. The van der Waals surface area contributed by atoms with Gasteiger partial charge in [0, 0.05) is 22.5 Å². The molecule has 0 saturated carbocycles. The van der Waals surface area contributed by atoms with Gasteiger partial charge in [0.1, 0.15) is 5.82 Å². The lowest BCUT2D eigenvalue weighted by Crippen LogP contribution is -2.11. The summed E-state index contributed by atoms with van der Waals surface area (Å²) in [5.74, 6) is 0.393. The fourth-order valence-electron chi connectivity index (χ4n) is 1.62. The van der Waals surface area contributed by atoms with Crippen molar-refractivity contribution in [2.75, 3.05) is 19.1 Å². The Morgan fingerprint density at radius 3 is 2.42 bits per heavy atom. The Labute approximate surface area is 125 Å². The number of pyridine rings is 1. The number of esters is 1. The molecule has 98 valence electrons. The molecule has 0 aliphatic heterocycles. The Hall–Kier alpha value is -1.63. The van der Waals surface area contributed by atoms with E-state index >= 15 is 0 Å². The molecule has 0 saturated heterocycles. The number of carbonyl (C=O) groups is 1. The first-order valence-corrected chi connectivity index (χ1v) is 6.73. The molecule has 2 aromatic rings. The molecule has 0 unspecified atom stereocenters. The van der Waals surface area contributed by atoms with Crippen molar-refractivity contribution < 1.29 is 9.53 Å². The van der Waals surface area contributed by atoms with Crippen LogP contribution in [-0.2, 0) is 4.74 Å². The molecule has 1 aromatic carbocycles. The minimum Gasteiger partial charge on any atom is -0.465 e. The monoisotopic (exact) mass is 368 g/mol. The molecule has 0 spiro atoms. The molecule has 0 bridgehead atoms. The van der Waals surface area contributed by atoms with Crippen molar-refractivity contribution in [3.05, 3.63) is 51.7 Å². The van der Waals surface area contributed by atoms with Gasteiger partial charge >= 0.3 is 5.97 Å². The van der Waals surface area contributed by atoms with E-state index in [9.17, 15) is 4.79 Å². The van der Waals surface area contributed by atoms with Crippen LogP contribution in [-0.4, -0.2) is 25.1 Å². The van der Waals surface area contributed by atoms with Crippen molar-refractivity contribution in [2.45, 2.75) is 0 Å². The van der Waals surface area contributed by atoms with Crippen molar-refractivity contribution in [2.24, 2.45) is 0 Å². The van der Waals surface area contributed by atoms with Crippen molar-refractivity contribution in [3.63, 3.8) is 0 Å². The molecule has 2 rings (SSSR count). The molecule has 0 atom stereocenters. The SMILES string of the molecule is COC(=O)c1ccc(N(C)c2ccc(I)cc2)nc1. The third-order valence-corrected chi connectivity index (χ3v) is 3.45. The van der Waals surface area contributed by atoms with Crippen LogP contribution >= 0.6 is 22.6 Å². The van der Waals surface area contributed by atoms with E-state index in [0.717, 1.165) is 11.5 Å². The smallest absolute Gasteiger partial charge is 0.339 e. The minimum absolute atomic E-state index is 0.379. The second kappa shape index (κ2) is 6.01. The Morgan fingerprint density at radius 1 is 1.21 bits per heavy atom.